The molecule has 9 heteroatoms. The van der Waals surface area contributed by atoms with Crippen LogP contribution in [0.25, 0.3) is 11.2 Å². The number of amides is 1. The molecule has 1 aliphatic rings. The molecule has 45 heavy (non-hydrogen) atoms. The minimum absolute atomic E-state index is 0.0762. The number of aryl methyl sites for hydroxylation is 1. The van der Waals surface area contributed by atoms with Gasteiger partial charge in [-0.2, -0.15) is 0 Å². The fourth-order valence-electron chi connectivity index (χ4n) is 6.70. The van der Waals surface area contributed by atoms with Crippen LogP contribution in [0.4, 0.5) is 0 Å². The van der Waals surface area contributed by atoms with Crippen LogP contribution in [-0.2, 0) is 31.9 Å². The van der Waals surface area contributed by atoms with Crippen molar-refractivity contribution in [1.82, 2.24) is 24.0 Å². The third-order valence-electron chi connectivity index (χ3n) is 9.17. The molecule has 2 aromatic heterocycles. The fraction of sp³-hybridized carbons (Fsp3) is 0.333. The van der Waals surface area contributed by atoms with Gasteiger partial charge in [-0.15, -0.1) is 0 Å². The van der Waals surface area contributed by atoms with Gasteiger partial charge in [-0.1, -0.05) is 97.8 Å². The molecule has 0 saturated heterocycles. The molecular formula is C36H39N5O4. The van der Waals surface area contributed by atoms with Crippen LogP contribution in [0.5, 0.6) is 0 Å². The van der Waals surface area contributed by atoms with E-state index in [1.165, 1.54) is 11.6 Å². The van der Waals surface area contributed by atoms with Gasteiger partial charge in [0.15, 0.2) is 11.2 Å². The zero-order valence-electron chi connectivity index (χ0n) is 25.7. The minimum atomic E-state index is -0.474. The van der Waals surface area contributed by atoms with E-state index in [0.29, 0.717) is 30.0 Å². The van der Waals surface area contributed by atoms with Gasteiger partial charge < -0.3 is 15.0 Å². The van der Waals surface area contributed by atoms with Crippen LogP contribution in [0.15, 0.2) is 94.5 Å². The van der Waals surface area contributed by atoms with Crippen LogP contribution in [0.1, 0.15) is 65.7 Å². The molecule has 0 spiro atoms. The maximum Gasteiger partial charge on any atom is 0.332 e. The zero-order chi connectivity index (χ0) is 31.5. The summed E-state index contributed by atoms with van der Waals surface area (Å²) in [6.07, 6.45) is 4.68. The van der Waals surface area contributed by atoms with Gasteiger partial charge in [0.2, 0.25) is 5.91 Å². The highest BCUT2D eigenvalue weighted by Crippen LogP contribution is 2.38. The zero-order valence-corrected chi connectivity index (χ0v) is 25.7. The molecule has 3 aromatic carbocycles. The van der Waals surface area contributed by atoms with Gasteiger partial charge in [-0.3, -0.25) is 18.7 Å². The van der Waals surface area contributed by atoms with Gasteiger partial charge in [0.05, 0.1) is 18.6 Å². The minimum Gasteiger partial charge on any atom is -0.394 e. The molecule has 9 nitrogen and oxygen atoms in total. The first-order valence-electron chi connectivity index (χ1n) is 15.6. The number of imidazole rings is 1. The topological polar surface area (TPSA) is 111 Å². The van der Waals surface area contributed by atoms with Crippen molar-refractivity contribution in [3.63, 3.8) is 0 Å². The average molecular weight is 606 g/mol. The summed E-state index contributed by atoms with van der Waals surface area (Å²) < 4.78 is 4.45. The molecule has 1 saturated carbocycles. The Morgan fingerprint density at radius 2 is 1.51 bits per heavy atom. The molecule has 5 aromatic rings. The van der Waals surface area contributed by atoms with E-state index < -0.39 is 11.7 Å². The van der Waals surface area contributed by atoms with Crippen molar-refractivity contribution in [2.45, 2.75) is 50.6 Å². The summed E-state index contributed by atoms with van der Waals surface area (Å²) >= 11 is 0. The molecule has 6 rings (SSSR count). The largest absolute Gasteiger partial charge is 0.394 e. The number of benzene rings is 3. The molecule has 232 valence electrons. The third-order valence-corrected chi connectivity index (χ3v) is 9.17. The van der Waals surface area contributed by atoms with Gasteiger partial charge in [-0.05, 0) is 41.0 Å². The first kappa shape index (κ1) is 30.3. The van der Waals surface area contributed by atoms with Crippen LogP contribution in [0.2, 0.25) is 0 Å². The van der Waals surface area contributed by atoms with Crippen molar-refractivity contribution >= 4 is 17.1 Å². The molecule has 2 N–H and O–H groups in total. The lowest BCUT2D eigenvalue weighted by atomic mass is 9.83. The number of fused-ring (bicyclic) bond motifs is 1. The number of rotatable bonds is 10. The van der Waals surface area contributed by atoms with Gasteiger partial charge >= 0.3 is 5.69 Å². The van der Waals surface area contributed by atoms with Gasteiger partial charge in [0, 0.05) is 27.1 Å². The van der Waals surface area contributed by atoms with Crippen LogP contribution in [-0.4, -0.2) is 36.3 Å². The number of carbonyl (C=O) groups is 1. The lowest BCUT2D eigenvalue weighted by Crippen LogP contribution is -2.37. The summed E-state index contributed by atoms with van der Waals surface area (Å²) in [7, 11) is 3.12. The van der Waals surface area contributed by atoms with Crippen LogP contribution in [0, 0.1) is 5.92 Å². The number of carbonyl (C=O) groups excluding carboxylic acids is 1. The van der Waals surface area contributed by atoms with E-state index in [4.69, 9.17) is 4.98 Å². The van der Waals surface area contributed by atoms with E-state index in [1.54, 1.807) is 7.05 Å². The highest BCUT2D eigenvalue weighted by atomic mass is 16.3. The molecule has 1 fully saturated rings. The first-order valence-corrected chi connectivity index (χ1v) is 15.6. The van der Waals surface area contributed by atoms with E-state index in [-0.39, 0.29) is 29.9 Å². The Morgan fingerprint density at radius 1 is 0.867 bits per heavy atom. The number of nitrogens with one attached hydrogen (secondary N) is 1. The predicted molar refractivity (Wildman–Crippen MR) is 174 cm³/mol. The summed E-state index contributed by atoms with van der Waals surface area (Å²) in [5, 5.41) is 13.2. The van der Waals surface area contributed by atoms with Crippen LogP contribution < -0.4 is 16.6 Å². The maximum atomic E-state index is 13.8. The standard InChI is InChI=1S/C36H39N5O4/c1-39-33-32(35(44)40(2)36(39)45)41(30(38-33)21-24-11-5-3-6-12-24)22-25-17-19-28(20-18-25)31(27-15-9-10-16-27)34(43)37-29(23-42)26-13-7-4-8-14-26/h3-8,11-14,17-20,27,29,31,42H,9-10,15-16,21-23H2,1-2H3,(H,37,43). The Labute approximate surface area is 261 Å². The molecular weight excluding hydrogens is 566 g/mol. The number of hydrogen-bond donors (Lipinski definition) is 2. The van der Waals surface area contributed by atoms with Crippen molar-refractivity contribution in [2.24, 2.45) is 20.0 Å². The summed E-state index contributed by atoms with van der Waals surface area (Å²) in [5.74, 6) is 0.514. The lowest BCUT2D eigenvalue weighted by Gasteiger charge is -2.26. The third kappa shape index (κ3) is 6.13. The normalized spacial score (nSPS) is 14.9. The van der Waals surface area contributed by atoms with E-state index in [1.807, 2.05) is 89.5 Å². The number of aliphatic hydroxyl groups is 1. The molecule has 2 unspecified atom stereocenters. The second-order valence-electron chi connectivity index (χ2n) is 12.1. The Balaban J connectivity index is 1.33. The SMILES string of the molecule is Cn1c(=O)c2c(nc(Cc3ccccc3)n2Cc2ccc(C(C(=O)NC(CO)c3ccccc3)C3CCCC3)cc2)n(C)c1=O. The molecule has 0 aliphatic heterocycles. The van der Waals surface area contributed by atoms with E-state index in [2.05, 4.69) is 5.32 Å². The van der Waals surface area contributed by atoms with Gasteiger partial charge in [-0.25, -0.2) is 9.78 Å². The monoisotopic (exact) mass is 605 g/mol. The van der Waals surface area contributed by atoms with E-state index in [0.717, 1.165) is 52.5 Å². The number of aliphatic hydroxyl groups excluding tert-OH is 1. The summed E-state index contributed by atoms with van der Waals surface area (Å²) in [6, 6.07) is 27.0. The summed E-state index contributed by atoms with van der Waals surface area (Å²) in [6.45, 7) is 0.203. The molecule has 2 atom stereocenters. The van der Waals surface area contributed by atoms with E-state index in [9.17, 15) is 19.5 Å². The quantitative estimate of drug-likeness (QED) is 0.248. The van der Waals surface area contributed by atoms with E-state index >= 15 is 0 Å². The van der Waals surface area contributed by atoms with Crippen molar-refractivity contribution in [1.29, 1.82) is 0 Å². The highest BCUT2D eigenvalue weighted by molar-refractivity contribution is 5.84. The Kier molecular flexibility index (Phi) is 8.80. The Hall–Kier alpha value is -4.76. The smallest absolute Gasteiger partial charge is 0.332 e. The number of hydrogen-bond acceptors (Lipinski definition) is 5. The lowest BCUT2D eigenvalue weighted by molar-refractivity contribution is -0.124. The molecule has 1 aliphatic carbocycles. The Morgan fingerprint density at radius 3 is 2.16 bits per heavy atom. The highest BCUT2D eigenvalue weighted by Gasteiger charge is 2.33. The average Bonchev–Trinajstić information content (AvgIpc) is 3.72. The number of nitrogens with zero attached hydrogens (tertiary/aromatic N) is 4. The Bertz CT molecular complexity index is 1900. The van der Waals surface area contributed by atoms with Crippen molar-refractivity contribution in [2.75, 3.05) is 6.61 Å². The predicted octanol–water partition coefficient (Wildman–Crippen LogP) is 4.20. The van der Waals surface area contributed by atoms with Crippen LogP contribution >= 0.6 is 0 Å². The second-order valence-corrected chi connectivity index (χ2v) is 12.1. The van der Waals surface area contributed by atoms with Crippen molar-refractivity contribution in [3.05, 3.63) is 134 Å². The van der Waals surface area contributed by atoms with Gasteiger partial charge in [0.1, 0.15) is 5.82 Å². The fourth-order valence-corrected chi connectivity index (χ4v) is 6.70. The van der Waals surface area contributed by atoms with Gasteiger partial charge in [0.25, 0.3) is 5.56 Å². The van der Waals surface area contributed by atoms with Crippen LogP contribution in [0.3, 0.4) is 0 Å². The number of aromatic nitrogens is 4. The second kappa shape index (κ2) is 13.1. The summed E-state index contributed by atoms with van der Waals surface area (Å²) in [4.78, 5) is 44.7. The molecule has 1 amide bonds. The summed E-state index contributed by atoms with van der Waals surface area (Å²) in [5.41, 5.74) is 3.75. The first-order chi connectivity index (χ1) is 21.9. The maximum absolute atomic E-state index is 13.8. The van der Waals surface area contributed by atoms with Crippen molar-refractivity contribution < 1.29 is 9.90 Å². The molecule has 0 radical (unpaired) electrons. The van der Waals surface area contributed by atoms with Crippen molar-refractivity contribution in [3.8, 4) is 0 Å². The molecule has 2 heterocycles. The molecule has 0 bridgehead atoms.